The van der Waals surface area contributed by atoms with Gasteiger partial charge in [-0.3, -0.25) is 9.59 Å². The van der Waals surface area contributed by atoms with E-state index >= 15 is 0 Å². The molecule has 0 aliphatic heterocycles. The van der Waals surface area contributed by atoms with Gasteiger partial charge in [0.1, 0.15) is 5.69 Å². The third kappa shape index (κ3) is 1.36. The van der Waals surface area contributed by atoms with E-state index < -0.39 is 0 Å². The third-order valence-corrected chi connectivity index (χ3v) is 2.39. The van der Waals surface area contributed by atoms with Crippen LogP contribution in [-0.4, -0.2) is 14.1 Å². The molecule has 0 unspecified atom stereocenters. The fourth-order valence-corrected chi connectivity index (χ4v) is 1.68. The van der Waals surface area contributed by atoms with Gasteiger partial charge in [0.05, 0.1) is 5.56 Å². The van der Waals surface area contributed by atoms with E-state index in [1.54, 1.807) is 19.0 Å². The average molecular weight is 201 g/mol. The number of anilines is 1. The minimum atomic E-state index is -0.390. The van der Waals surface area contributed by atoms with Crippen molar-refractivity contribution >= 4 is 5.69 Å². The van der Waals surface area contributed by atoms with Crippen LogP contribution in [0.3, 0.4) is 0 Å². The van der Waals surface area contributed by atoms with Crippen molar-refractivity contribution in [1.82, 2.24) is 0 Å². The molecule has 0 bridgehead atoms. The quantitative estimate of drug-likeness (QED) is 0.681. The van der Waals surface area contributed by atoms with E-state index in [2.05, 4.69) is 0 Å². The fraction of sp³-hybridized carbons (Fsp3) is 0.167. The summed E-state index contributed by atoms with van der Waals surface area (Å²) >= 11 is 0. The molecule has 2 aromatic rings. The van der Waals surface area contributed by atoms with E-state index in [4.69, 9.17) is 0 Å². The van der Waals surface area contributed by atoms with Gasteiger partial charge in [0.15, 0.2) is 0 Å². The molecule has 0 saturated heterocycles. The molecule has 0 atom stereocenters. The molecule has 0 aromatic heterocycles. The van der Waals surface area contributed by atoms with Crippen LogP contribution in [0.4, 0.5) is 5.69 Å². The number of rotatable bonds is 2. The first kappa shape index (κ1) is 9.65. The predicted octanol–water partition coefficient (Wildman–Crippen LogP) is 1.02. The molecule has 76 valence electrons. The third-order valence-electron chi connectivity index (χ3n) is 2.39. The van der Waals surface area contributed by atoms with Gasteiger partial charge in [-0.15, -0.1) is 0 Å². The first-order chi connectivity index (χ1) is 7.13. The number of benzene rings is 1. The van der Waals surface area contributed by atoms with Crippen LogP contribution >= 0.6 is 0 Å². The van der Waals surface area contributed by atoms with Gasteiger partial charge in [-0.05, 0) is 5.56 Å². The maximum atomic E-state index is 11.4. The van der Waals surface area contributed by atoms with Crippen molar-refractivity contribution in [3.8, 4) is 11.1 Å². The van der Waals surface area contributed by atoms with Crippen LogP contribution in [0.25, 0.3) is 11.1 Å². The van der Waals surface area contributed by atoms with Gasteiger partial charge in [0, 0.05) is 14.1 Å². The van der Waals surface area contributed by atoms with Gasteiger partial charge in [-0.2, -0.15) is 0 Å². The molecule has 0 aliphatic rings. The molecule has 2 aromatic carbocycles. The highest BCUT2D eigenvalue weighted by molar-refractivity contribution is 5.82. The predicted molar refractivity (Wildman–Crippen MR) is 61.1 cm³/mol. The Kier molecular flexibility index (Phi) is 2.15. The Morgan fingerprint density at radius 2 is 1.53 bits per heavy atom. The van der Waals surface area contributed by atoms with Crippen LogP contribution in [0.1, 0.15) is 0 Å². The molecule has 0 fully saturated rings. The van der Waals surface area contributed by atoms with Crippen LogP contribution in [0.2, 0.25) is 0 Å². The lowest BCUT2D eigenvalue weighted by Gasteiger charge is -2.18. The fourth-order valence-electron chi connectivity index (χ4n) is 1.68. The number of hydrogen-bond acceptors (Lipinski definition) is 3. The second-order valence-electron chi connectivity index (χ2n) is 3.64. The summed E-state index contributed by atoms with van der Waals surface area (Å²) in [5, 5.41) is 0. The van der Waals surface area contributed by atoms with E-state index in [-0.39, 0.29) is 10.9 Å². The van der Waals surface area contributed by atoms with E-state index in [1.165, 1.54) is 0 Å². The molecule has 3 heteroatoms. The number of hydrogen-bond donors (Lipinski definition) is 0. The van der Waals surface area contributed by atoms with Crippen molar-refractivity contribution in [2.75, 3.05) is 19.0 Å². The maximum Gasteiger partial charge on any atom is 0.250 e. The zero-order valence-electron chi connectivity index (χ0n) is 8.65. The molecule has 0 N–H and O–H groups in total. The summed E-state index contributed by atoms with van der Waals surface area (Å²) in [6.45, 7) is 0. The van der Waals surface area contributed by atoms with E-state index in [9.17, 15) is 9.59 Å². The summed E-state index contributed by atoms with van der Waals surface area (Å²) in [6, 6.07) is 9.26. The van der Waals surface area contributed by atoms with Gasteiger partial charge in [-0.1, -0.05) is 30.3 Å². The normalized spacial score (nSPS) is 10.5. The molecule has 0 heterocycles. The molecule has 0 amide bonds. The van der Waals surface area contributed by atoms with Gasteiger partial charge < -0.3 is 4.90 Å². The molecule has 3 nitrogen and oxygen atoms in total. The zero-order chi connectivity index (χ0) is 11.0. The topological polar surface area (TPSA) is 37.4 Å². The smallest absolute Gasteiger partial charge is 0.250 e. The second kappa shape index (κ2) is 3.35. The van der Waals surface area contributed by atoms with Crippen LogP contribution in [-0.2, 0) is 0 Å². The summed E-state index contributed by atoms with van der Waals surface area (Å²) in [5.41, 5.74) is 1.08. The highest BCUT2D eigenvalue weighted by atomic mass is 16.2. The average Bonchev–Trinajstić information content (AvgIpc) is 2.25. The van der Waals surface area contributed by atoms with Crippen molar-refractivity contribution in [1.29, 1.82) is 0 Å². The number of nitrogens with zero attached hydrogens (tertiary/aromatic N) is 1. The van der Waals surface area contributed by atoms with E-state index in [0.29, 0.717) is 11.3 Å². The van der Waals surface area contributed by atoms with Crippen molar-refractivity contribution in [3.63, 3.8) is 0 Å². The SMILES string of the molecule is CN(C)c1c(-c2ccccc2)c(=O)c1=O. The maximum absolute atomic E-state index is 11.4. The molecule has 0 saturated carbocycles. The van der Waals surface area contributed by atoms with Crippen LogP contribution in [0, 0.1) is 0 Å². The Balaban J connectivity index is 2.61. The van der Waals surface area contributed by atoms with Crippen molar-refractivity contribution in [2.24, 2.45) is 0 Å². The van der Waals surface area contributed by atoms with Crippen LogP contribution in [0.5, 0.6) is 0 Å². The van der Waals surface area contributed by atoms with Gasteiger partial charge in [-0.25, -0.2) is 0 Å². The molecule has 2 rings (SSSR count). The van der Waals surface area contributed by atoms with Crippen molar-refractivity contribution in [2.45, 2.75) is 0 Å². The summed E-state index contributed by atoms with van der Waals surface area (Å²) < 4.78 is 0. The minimum Gasteiger partial charge on any atom is -0.374 e. The minimum absolute atomic E-state index is 0.384. The summed E-state index contributed by atoms with van der Waals surface area (Å²) in [5.74, 6) is 0. The largest absolute Gasteiger partial charge is 0.374 e. The molecule has 15 heavy (non-hydrogen) atoms. The standard InChI is InChI=1S/C12H11NO2/c1-13(2)10-9(11(14)12(10)15)8-6-4-3-5-7-8/h3-7H,1-2H3. The lowest BCUT2D eigenvalue weighted by Crippen LogP contribution is -2.39. The van der Waals surface area contributed by atoms with Crippen LogP contribution in [0.15, 0.2) is 39.9 Å². The molecule has 0 spiro atoms. The second-order valence-corrected chi connectivity index (χ2v) is 3.64. The van der Waals surface area contributed by atoms with Crippen LogP contribution < -0.4 is 15.8 Å². The lowest BCUT2D eigenvalue weighted by molar-refractivity contribution is 1.10. The van der Waals surface area contributed by atoms with Gasteiger partial charge >= 0.3 is 0 Å². The molecular formula is C12H11NO2. The molecule has 0 aliphatic carbocycles. The summed E-state index contributed by atoms with van der Waals surface area (Å²) in [7, 11) is 3.53. The van der Waals surface area contributed by atoms with E-state index in [0.717, 1.165) is 5.56 Å². The lowest BCUT2D eigenvalue weighted by atomic mass is 9.98. The Bertz CT molecular complexity index is 548. The Morgan fingerprint density at radius 1 is 0.933 bits per heavy atom. The molecular weight excluding hydrogens is 190 g/mol. The Labute approximate surface area is 87.3 Å². The molecule has 0 radical (unpaired) electrons. The Morgan fingerprint density at radius 3 is 2.07 bits per heavy atom. The first-order valence-corrected chi connectivity index (χ1v) is 4.69. The first-order valence-electron chi connectivity index (χ1n) is 4.69. The monoisotopic (exact) mass is 201 g/mol. The highest BCUT2D eigenvalue weighted by Gasteiger charge is 2.22. The Hall–Kier alpha value is -1.90. The van der Waals surface area contributed by atoms with E-state index in [1.807, 2.05) is 30.3 Å². The summed E-state index contributed by atoms with van der Waals surface area (Å²) in [6.07, 6.45) is 0. The van der Waals surface area contributed by atoms with Gasteiger partial charge in [0.25, 0.3) is 0 Å². The highest BCUT2D eigenvalue weighted by Crippen LogP contribution is 2.24. The van der Waals surface area contributed by atoms with Gasteiger partial charge in [0.2, 0.25) is 10.9 Å². The zero-order valence-corrected chi connectivity index (χ0v) is 8.65. The summed E-state index contributed by atoms with van der Waals surface area (Å²) in [4.78, 5) is 24.5. The van der Waals surface area contributed by atoms with Crippen molar-refractivity contribution in [3.05, 3.63) is 50.8 Å². The van der Waals surface area contributed by atoms with Crippen molar-refractivity contribution < 1.29 is 0 Å².